The highest BCUT2D eigenvalue weighted by Crippen LogP contribution is 2.41. The first-order valence-corrected chi connectivity index (χ1v) is 8.46. The Balaban J connectivity index is 2.20. The zero-order valence-electron chi connectivity index (χ0n) is 26.9. The Bertz CT molecular complexity index is 1650. The van der Waals surface area contributed by atoms with Gasteiger partial charge in [0.2, 0.25) is 5.36 Å². The van der Waals surface area contributed by atoms with Crippen LogP contribution in [0.1, 0.15) is 26.8 Å². The summed E-state index contributed by atoms with van der Waals surface area (Å²) in [6.07, 6.45) is 0. The fraction of sp³-hybridized carbons (Fsp3) is 0.167. The van der Waals surface area contributed by atoms with Crippen LogP contribution in [0.2, 0.25) is 0 Å². The number of anilines is 1. The van der Waals surface area contributed by atoms with E-state index in [-0.39, 0.29) is 59.5 Å². The smallest absolute Gasteiger partial charge is 0.203 e. The van der Waals surface area contributed by atoms with E-state index in [1.807, 2.05) is 0 Å². The lowest BCUT2D eigenvalue weighted by molar-refractivity contribution is -0.254. The minimum Gasteiger partial charge on any atom is -0.545 e. The van der Waals surface area contributed by atoms with Crippen LogP contribution in [0, 0.1) is 0 Å². The van der Waals surface area contributed by atoms with E-state index in [2.05, 4.69) is 0 Å². The number of carbonyl (C=O) groups is 1. The Kier molecular flexibility index (Phi) is 2.27. The predicted octanol–water partition coefficient (Wildman–Crippen LogP) is 2.67. The van der Waals surface area contributed by atoms with Crippen molar-refractivity contribution in [1.29, 1.82) is 0 Å². The van der Waals surface area contributed by atoms with E-state index in [0.29, 0.717) is 0 Å². The number of fused-ring (bicyclic) bond motifs is 2. The van der Waals surface area contributed by atoms with Crippen LogP contribution < -0.4 is 19.9 Å². The van der Waals surface area contributed by atoms with Crippen molar-refractivity contribution in [3.8, 4) is 22.5 Å². The molecule has 1 aliphatic carbocycles. The van der Waals surface area contributed by atoms with Gasteiger partial charge >= 0.3 is 0 Å². The summed E-state index contributed by atoms with van der Waals surface area (Å²) in [7, 11) is 0. The van der Waals surface area contributed by atoms with Crippen molar-refractivity contribution in [2.75, 3.05) is 32.8 Å². The van der Waals surface area contributed by atoms with E-state index in [1.54, 1.807) is 6.07 Å². The minimum atomic E-state index is -3.08. The summed E-state index contributed by atoms with van der Waals surface area (Å²) in [6.45, 7) is -12.3. The number of hydrogen-bond acceptors (Lipinski definition) is 4. The summed E-state index contributed by atoms with van der Waals surface area (Å²) >= 11 is 0. The van der Waals surface area contributed by atoms with Crippen LogP contribution in [0.4, 0.5) is 5.69 Å². The molecular formula is C24H22N2O3. The van der Waals surface area contributed by atoms with Crippen molar-refractivity contribution >= 4 is 22.6 Å². The molecule has 2 aromatic rings. The summed E-state index contributed by atoms with van der Waals surface area (Å²) in [6, 6.07) is 13.4. The third-order valence-electron chi connectivity index (χ3n) is 4.62. The number of nitrogens with zero attached hydrogens (tertiary/aromatic N) is 2. The Morgan fingerprint density at radius 1 is 1.03 bits per heavy atom. The topological polar surface area (TPSA) is 59.5 Å². The Hall–Kier alpha value is -3.60. The highest BCUT2D eigenvalue weighted by molar-refractivity contribution is 6.07. The first-order valence-electron chi connectivity index (χ1n) is 14.5. The maximum Gasteiger partial charge on any atom is 0.203 e. The molecule has 2 aliphatic rings. The van der Waals surface area contributed by atoms with Crippen LogP contribution in [0.25, 0.3) is 33.4 Å². The summed E-state index contributed by atoms with van der Waals surface area (Å²) in [5, 5.41) is 12.0. The van der Waals surface area contributed by atoms with Crippen LogP contribution in [-0.4, -0.2) is 33.9 Å². The Morgan fingerprint density at radius 2 is 1.86 bits per heavy atom. The van der Waals surface area contributed by atoms with Gasteiger partial charge in [-0.15, -0.1) is 0 Å². The molecule has 0 spiro atoms. The lowest BCUT2D eigenvalue weighted by Crippen LogP contribution is -2.23. The van der Waals surface area contributed by atoms with E-state index in [4.69, 9.17) is 20.9 Å². The van der Waals surface area contributed by atoms with Gasteiger partial charge in [0.15, 0.2) is 0 Å². The molecule has 5 heteroatoms. The van der Waals surface area contributed by atoms with E-state index in [9.17, 15) is 9.90 Å². The van der Waals surface area contributed by atoms with Crippen molar-refractivity contribution in [2.45, 2.75) is 0 Å². The molecule has 0 aromatic heterocycles. The highest BCUT2D eigenvalue weighted by atomic mass is 16.4. The van der Waals surface area contributed by atoms with Gasteiger partial charge in [0.1, 0.15) is 25.3 Å². The molecule has 0 N–H and O–H groups in total. The average Bonchev–Trinajstić information content (AvgIpc) is 2.78. The molecule has 2 aromatic carbocycles. The predicted molar refractivity (Wildman–Crippen MR) is 114 cm³/mol. The number of carbonyl (C=O) groups excluding carboxylic acids is 1. The van der Waals surface area contributed by atoms with Gasteiger partial charge in [0, 0.05) is 62.1 Å². The Labute approximate surface area is 186 Å². The molecular weight excluding hydrogens is 364 g/mol. The van der Waals surface area contributed by atoms with Gasteiger partial charge in [-0.1, -0.05) is 24.3 Å². The molecule has 0 saturated carbocycles. The molecule has 4 rings (SSSR count). The fourth-order valence-corrected chi connectivity index (χ4v) is 3.32. The van der Waals surface area contributed by atoms with Crippen LogP contribution in [0.3, 0.4) is 0 Å². The average molecular weight is 399 g/mol. The minimum absolute atomic E-state index is 0.0804. The number of hydrogen-bond donors (Lipinski definition) is 0. The molecule has 1 aliphatic heterocycles. The monoisotopic (exact) mass is 398 g/mol. The van der Waals surface area contributed by atoms with Crippen molar-refractivity contribution < 1.29 is 30.8 Å². The van der Waals surface area contributed by atoms with Crippen molar-refractivity contribution in [2.24, 2.45) is 0 Å². The SMILES string of the molecule is [2H]C([2H])([2H])N(c1ccc2c(-c3ccccc3C(=O)[O-])c3ccc(=[N+](C([2H])([2H])[2H])C([2H])([2H])[2H])cc-3oc2c1)C([2H])([2H])[2H]. The number of aromatic carboxylic acids is 1. The standard InChI is InChI=1S/C24H22N2O3/c1-25(2)15-9-11-19-21(13-15)29-22-14-16(26(3)4)10-12-20(22)23(19)17-7-5-6-8-18(17)24(27)28/h5-14H,1-4H3/i1D3,2D3,3D3,4D3. The molecule has 0 unspecified atom stereocenters. The largest absolute Gasteiger partial charge is 0.545 e. The molecule has 0 saturated heterocycles. The number of rotatable bonds is 3. The second kappa shape index (κ2) is 7.09. The van der Waals surface area contributed by atoms with Crippen LogP contribution in [0.15, 0.2) is 65.1 Å². The van der Waals surface area contributed by atoms with E-state index >= 15 is 0 Å². The van der Waals surface area contributed by atoms with Gasteiger partial charge in [-0.25, -0.2) is 4.58 Å². The molecule has 0 amide bonds. The van der Waals surface area contributed by atoms with Crippen LogP contribution in [-0.2, 0) is 0 Å². The zero-order valence-corrected chi connectivity index (χ0v) is 14.9. The molecule has 29 heavy (non-hydrogen) atoms. The first-order chi connectivity index (χ1) is 18.7. The van der Waals surface area contributed by atoms with Crippen molar-refractivity contribution in [1.82, 2.24) is 4.58 Å². The molecule has 1 heterocycles. The van der Waals surface area contributed by atoms with E-state index in [0.717, 1.165) is 12.1 Å². The number of benzene rings is 3. The van der Waals surface area contributed by atoms with Gasteiger partial charge in [-0.3, -0.25) is 0 Å². The van der Waals surface area contributed by atoms with Crippen molar-refractivity contribution in [3.63, 3.8) is 0 Å². The summed E-state index contributed by atoms with van der Waals surface area (Å²) < 4.78 is 99.2. The summed E-state index contributed by atoms with van der Waals surface area (Å²) in [5.41, 5.74) is 0.161. The molecule has 146 valence electrons. The molecule has 5 nitrogen and oxygen atoms in total. The fourth-order valence-electron chi connectivity index (χ4n) is 3.32. The van der Waals surface area contributed by atoms with Gasteiger partial charge < -0.3 is 19.2 Å². The number of carboxylic acid groups (broad SMARTS) is 1. The van der Waals surface area contributed by atoms with E-state index < -0.39 is 33.9 Å². The quantitative estimate of drug-likeness (QED) is 0.393. The van der Waals surface area contributed by atoms with Gasteiger partial charge in [0.05, 0.1) is 20.3 Å². The van der Waals surface area contributed by atoms with Crippen molar-refractivity contribution in [3.05, 3.63) is 71.6 Å². The zero-order chi connectivity index (χ0) is 30.7. The lowest BCUT2D eigenvalue weighted by atomic mass is 9.90. The molecule has 0 atom stereocenters. The summed E-state index contributed by atoms with van der Waals surface area (Å²) in [4.78, 5) is 12.2. The number of carboxylic acids is 1. The molecule has 0 fully saturated rings. The van der Waals surface area contributed by atoms with Crippen LogP contribution in [0.5, 0.6) is 0 Å². The second-order valence-electron chi connectivity index (χ2n) is 6.34. The third-order valence-corrected chi connectivity index (χ3v) is 4.62. The lowest BCUT2D eigenvalue weighted by Gasteiger charge is -2.19. The van der Waals surface area contributed by atoms with Gasteiger partial charge in [0.25, 0.3) is 0 Å². The normalized spacial score (nSPS) is 18.9. The maximum absolute atomic E-state index is 12.0. The second-order valence-corrected chi connectivity index (χ2v) is 6.34. The van der Waals surface area contributed by atoms with Gasteiger partial charge in [-0.2, -0.15) is 0 Å². The highest BCUT2D eigenvalue weighted by Gasteiger charge is 2.20. The molecule has 0 bridgehead atoms. The maximum atomic E-state index is 12.0. The Morgan fingerprint density at radius 3 is 2.62 bits per heavy atom. The first kappa shape index (κ1) is 9.27. The van der Waals surface area contributed by atoms with Crippen LogP contribution >= 0.6 is 0 Å². The van der Waals surface area contributed by atoms with E-state index in [1.165, 1.54) is 42.5 Å². The summed E-state index contributed by atoms with van der Waals surface area (Å²) in [5.74, 6) is -1.58. The molecule has 0 radical (unpaired) electrons. The third kappa shape index (κ3) is 3.25. The van der Waals surface area contributed by atoms with Gasteiger partial charge in [-0.05, 0) is 23.8 Å².